The quantitative estimate of drug-likeness (QED) is 0.749. The molecule has 0 saturated carbocycles. The summed E-state index contributed by atoms with van der Waals surface area (Å²) in [6.45, 7) is 0. The average molecular weight is 300 g/mol. The molecule has 16 heavy (non-hydrogen) atoms. The highest BCUT2D eigenvalue weighted by Gasteiger charge is 2.11. The fourth-order valence-corrected chi connectivity index (χ4v) is 2.42. The third kappa shape index (κ3) is 2.89. The van der Waals surface area contributed by atoms with Crippen LogP contribution in [0.5, 0.6) is 0 Å². The second kappa shape index (κ2) is 5.55. The van der Waals surface area contributed by atoms with E-state index < -0.39 is 0 Å². The summed E-state index contributed by atoms with van der Waals surface area (Å²) >= 11 is 9.43. The molecule has 0 saturated heterocycles. The molecular weight excluding hydrogens is 287 g/mol. The van der Waals surface area contributed by atoms with E-state index in [1.165, 1.54) is 11.1 Å². The highest BCUT2D eigenvalue weighted by molar-refractivity contribution is 9.09. The molecule has 0 aliphatic carbocycles. The van der Waals surface area contributed by atoms with Crippen LogP contribution in [0.1, 0.15) is 17.0 Å². The summed E-state index contributed by atoms with van der Waals surface area (Å²) in [6.07, 6.45) is 4.48. The number of alkyl halides is 1. The second-order valence-corrected chi connectivity index (χ2v) is 4.82. The Morgan fingerprint density at radius 3 is 2.50 bits per heavy atom. The Kier molecular flexibility index (Phi) is 4.08. The first-order chi connectivity index (χ1) is 7.79. The molecule has 1 nitrogen and oxygen atoms in total. The third-order valence-electron chi connectivity index (χ3n) is 2.59. The van der Waals surface area contributed by atoms with Crippen LogP contribution in [0, 0.1) is 0 Å². The maximum absolute atomic E-state index is 5.88. The maximum Gasteiger partial charge on any atom is 0.0934 e. The van der Waals surface area contributed by atoms with Crippen LogP contribution in [0.25, 0.3) is 0 Å². The highest BCUT2D eigenvalue weighted by atomic mass is 79.9. The number of rotatable bonds is 4. The largest absolute Gasteiger partial charge is 0.472 e. The van der Waals surface area contributed by atoms with Crippen molar-refractivity contribution in [3.05, 3.63) is 59.0 Å². The standard InChI is InChI=1S/C13H12BrClO/c14-8-12(7-10-5-6-16-9-10)11-1-3-13(15)4-2-11/h1-6,9,12H,7-8H2. The van der Waals surface area contributed by atoms with E-state index in [-0.39, 0.29) is 0 Å². The molecule has 0 amide bonds. The van der Waals surface area contributed by atoms with Gasteiger partial charge < -0.3 is 4.42 Å². The summed E-state index contributed by atoms with van der Waals surface area (Å²) in [5, 5.41) is 1.71. The molecule has 0 spiro atoms. The number of hydrogen-bond donors (Lipinski definition) is 0. The van der Waals surface area contributed by atoms with Crippen LogP contribution in [0.3, 0.4) is 0 Å². The minimum atomic E-state index is 0.454. The van der Waals surface area contributed by atoms with Gasteiger partial charge in [0.15, 0.2) is 0 Å². The van der Waals surface area contributed by atoms with Crippen molar-refractivity contribution in [2.45, 2.75) is 12.3 Å². The minimum absolute atomic E-state index is 0.454. The first-order valence-corrected chi connectivity index (χ1v) is 6.62. The number of furan rings is 1. The van der Waals surface area contributed by atoms with Gasteiger partial charge in [0, 0.05) is 10.4 Å². The molecule has 2 aromatic rings. The van der Waals surface area contributed by atoms with Gasteiger partial charge in [-0.2, -0.15) is 0 Å². The molecule has 0 radical (unpaired) electrons. The Labute approximate surface area is 109 Å². The minimum Gasteiger partial charge on any atom is -0.472 e. The zero-order chi connectivity index (χ0) is 11.4. The first-order valence-electron chi connectivity index (χ1n) is 5.12. The van der Waals surface area contributed by atoms with Crippen LogP contribution in [0.4, 0.5) is 0 Å². The van der Waals surface area contributed by atoms with Gasteiger partial charge in [-0.3, -0.25) is 0 Å². The van der Waals surface area contributed by atoms with E-state index >= 15 is 0 Å². The van der Waals surface area contributed by atoms with Gasteiger partial charge in [-0.25, -0.2) is 0 Å². The van der Waals surface area contributed by atoms with Gasteiger partial charge in [-0.15, -0.1) is 0 Å². The number of halogens is 2. The zero-order valence-electron chi connectivity index (χ0n) is 8.70. The van der Waals surface area contributed by atoms with Crippen molar-refractivity contribution in [3.8, 4) is 0 Å². The van der Waals surface area contributed by atoms with Gasteiger partial charge in [0.05, 0.1) is 12.5 Å². The fourth-order valence-electron chi connectivity index (χ4n) is 1.69. The van der Waals surface area contributed by atoms with Crippen molar-refractivity contribution in [1.82, 2.24) is 0 Å². The van der Waals surface area contributed by atoms with Gasteiger partial charge in [-0.05, 0) is 41.7 Å². The van der Waals surface area contributed by atoms with Crippen molar-refractivity contribution in [2.75, 3.05) is 5.33 Å². The number of hydrogen-bond acceptors (Lipinski definition) is 1. The fraction of sp³-hybridized carbons (Fsp3) is 0.231. The van der Waals surface area contributed by atoms with E-state index in [1.807, 2.05) is 18.2 Å². The molecule has 84 valence electrons. The lowest BCUT2D eigenvalue weighted by Gasteiger charge is -2.13. The van der Waals surface area contributed by atoms with Crippen LogP contribution in [-0.2, 0) is 6.42 Å². The smallest absolute Gasteiger partial charge is 0.0934 e. The molecule has 1 heterocycles. The summed E-state index contributed by atoms with van der Waals surface area (Å²) in [7, 11) is 0. The Bertz CT molecular complexity index is 422. The van der Waals surface area contributed by atoms with Gasteiger partial charge in [0.25, 0.3) is 0 Å². The summed E-state index contributed by atoms with van der Waals surface area (Å²) in [6, 6.07) is 10.0. The SMILES string of the molecule is Clc1ccc(C(CBr)Cc2ccoc2)cc1. The van der Waals surface area contributed by atoms with Crippen LogP contribution in [-0.4, -0.2) is 5.33 Å². The van der Waals surface area contributed by atoms with Crippen LogP contribution in [0.15, 0.2) is 47.3 Å². The van der Waals surface area contributed by atoms with Gasteiger partial charge in [-0.1, -0.05) is 39.7 Å². The summed E-state index contributed by atoms with van der Waals surface area (Å²) in [5.41, 5.74) is 2.52. The lowest BCUT2D eigenvalue weighted by molar-refractivity contribution is 0.562. The van der Waals surface area contributed by atoms with Gasteiger partial charge >= 0.3 is 0 Å². The first kappa shape index (κ1) is 11.7. The number of benzene rings is 1. The van der Waals surface area contributed by atoms with Crippen molar-refractivity contribution in [1.29, 1.82) is 0 Å². The average Bonchev–Trinajstić information content (AvgIpc) is 2.80. The van der Waals surface area contributed by atoms with Crippen LogP contribution < -0.4 is 0 Å². The molecule has 0 aliphatic rings. The summed E-state index contributed by atoms with van der Waals surface area (Å²) in [5.74, 6) is 0.454. The molecule has 3 heteroatoms. The lowest BCUT2D eigenvalue weighted by atomic mass is 9.95. The molecule has 0 bridgehead atoms. The lowest BCUT2D eigenvalue weighted by Crippen LogP contribution is -2.03. The summed E-state index contributed by atoms with van der Waals surface area (Å²) in [4.78, 5) is 0. The normalized spacial score (nSPS) is 12.6. The topological polar surface area (TPSA) is 13.1 Å². The third-order valence-corrected chi connectivity index (χ3v) is 3.62. The van der Waals surface area contributed by atoms with E-state index in [9.17, 15) is 0 Å². The second-order valence-electron chi connectivity index (χ2n) is 3.74. The van der Waals surface area contributed by atoms with E-state index in [2.05, 4.69) is 28.1 Å². The summed E-state index contributed by atoms with van der Waals surface area (Å²) < 4.78 is 5.08. The van der Waals surface area contributed by atoms with E-state index in [0.29, 0.717) is 5.92 Å². The molecule has 1 atom stereocenters. The van der Waals surface area contributed by atoms with E-state index in [4.69, 9.17) is 16.0 Å². The molecule has 2 rings (SSSR count). The van der Waals surface area contributed by atoms with Crippen molar-refractivity contribution >= 4 is 27.5 Å². The predicted octanol–water partition coefficient (Wildman–Crippen LogP) is 4.65. The Morgan fingerprint density at radius 2 is 1.94 bits per heavy atom. The van der Waals surface area contributed by atoms with Crippen LogP contribution in [0.2, 0.25) is 5.02 Å². The van der Waals surface area contributed by atoms with Crippen molar-refractivity contribution < 1.29 is 4.42 Å². The molecule has 1 aromatic carbocycles. The Morgan fingerprint density at radius 1 is 1.19 bits per heavy atom. The molecule has 0 fully saturated rings. The van der Waals surface area contributed by atoms with Crippen LogP contribution >= 0.6 is 27.5 Å². The van der Waals surface area contributed by atoms with E-state index in [1.54, 1.807) is 12.5 Å². The van der Waals surface area contributed by atoms with Gasteiger partial charge in [0.1, 0.15) is 0 Å². The monoisotopic (exact) mass is 298 g/mol. The maximum atomic E-state index is 5.88. The predicted molar refractivity (Wildman–Crippen MR) is 70.4 cm³/mol. The highest BCUT2D eigenvalue weighted by Crippen LogP contribution is 2.24. The Hall–Kier alpha value is -0.730. The van der Waals surface area contributed by atoms with Gasteiger partial charge in [0.2, 0.25) is 0 Å². The van der Waals surface area contributed by atoms with Crippen molar-refractivity contribution in [3.63, 3.8) is 0 Å². The molecule has 1 unspecified atom stereocenters. The molecule has 0 aliphatic heterocycles. The Balaban J connectivity index is 2.13. The molecule has 1 aromatic heterocycles. The van der Waals surface area contributed by atoms with E-state index in [0.717, 1.165) is 16.8 Å². The molecule has 0 N–H and O–H groups in total. The zero-order valence-corrected chi connectivity index (χ0v) is 11.0. The molecular formula is C13H12BrClO. The van der Waals surface area contributed by atoms with Crippen molar-refractivity contribution in [2.24, 2.45) is 0 Å².